The number of aliphatic hydroxyl groups excluding tert-OH is 39. The molecule has 0 bridgehead atoms. The Morgan fingerprint density at radius 2 is 0.518 bits per heavy atom. The third-order valence-corrected chi connectivity index (χ3v) is 19.5. The Morgan fingerprint density at radius 1 is 0.281 bits per heavy atom. The topological polar surface area (TPSA) is 854 Å². The van der Waals surface area contributed by atoms with E-state index < -0.39 is 254 Å². The molecule has 0 aromatic carbocycles. The van der Waals surface area contributed by atoms with E-state index in [0.717, 1.165) is 0 Å². The molecule has 0 aliphatic carbocycles. The zero-order valence-corrected chi connectivity index (χ0v) is 66.1. The SMILES string of the molecule is CC(CO)(CO)CO.CCC(CO)(CO)CO.CCC(CO)(CO)COCC(CC)(CO)CO.OCC(CO)(CO)CO.OCC(CO)(CO)COCC(CO)(CO)CO.OCC(CO)(CO)COCC(CO)(CO)COCC(CO)(CO)CO.OCC(O)CO.OCC1OC(OC2(CO)OC(CO)C(O)C2O)C(O)C(O)C1O. The molecule has 39 N–H and O–H groups in total. The molecule has 0 aromatic heterocycles. The van der Waals surface area contributed by atoms with Gasteiger partial charge in [0.25, 0.3) is 0 Å². The molecule has 2 aliphatic heterocycles. The molecule has 0 saturated carbocycles. The summed E-state index contributed by atoms with van der Waals surface area (Å²) in [4.78, 5) is 0. The van der Waals surface area contributed by atoms with E-state index >= 15 is 0 Å². The summed E-state index contributed by atoms with van der Waals surface area (Å²) >= 11 is 0. The zero-order valence-electron chi connectivity index (χ0n) is 66.1. The molecule has 0 amide bonds. The maximum atomic E-state index is 10.00. The van der Waals surface area contributed by atoms with Crippen molar-refractivity contribution in [2.24, 2.45) is 54.1 Å². The molecule has 696 valence electrons. The van der Waals surface area contributed by atoms with Crippen molar-refractivity contribution >= 4 is 0 Å². The quantitative estimate of drug-likeness (QED) is 0.0269. The molecule has 2 saturated heterocycles. The predicted octanol–water partition coefficient (Wildman–Crippen LogP) is -18.2. The predicted molar refractivity (Wildman–Crippen MR) is 391 cm³/mol. The van der Waals surface area contributed by atoms with E-state index in [2.05, 4.69) is 0 Å². The molecule has 0 aromatic rings. The van der Waals surface area contributed by atoms with E-state index in [0.29, 0.717) is 19.3 Å². The first kappa shape index (κ1) is 123. The van der Waals surface area contributed by atoms with E-state index in [1.807, 2.05) is 20.8 Å². The molecule has 0 radical (unpaired) electrons. The fourth-order valence-corrected chi connectivity index (χ4v) is 7.92. The lowest BCUT2D eigenvalue weighted by molar-refractivity contribution is -0.383. The van der Waals surface area contributed by atoms with Crippen molar-refractivity contribution < 1.29 is 232 Å². The third kappa shape index (κ3) is 41.4. The molecule has 2 aliphatic rings. The van der Waals surface area contributed by atoms with Gasteiger partial charge >= 0.3 is 0 Å². The Hall–Kier alpha value is -1.84. The lowest BCUT2D eigenvalue weighted by Crippen LogP contribution is -2.62. The van der Waals surface area contributed by atoms with Gasteiger partial charge in [-0.15, -0.1) is 0 Å². The highest BCUT2D eigenvalue weighted by atomic mass is 16.8. The summed E-state index contributed by atoms with van der Waals surface area (Å²) in [5.41, 5.74) is -9.76. The second kappa shape index (κ2) is 66.7. The highest BCUT2D eigenvalue weighted by Crippen LogP contribution is 2.36. The Balaban J connectivity index is -0.000000305. The number of rotatable bonds is 54. The van der Waals surface area contributed by atoms with E-state index in [1.165, 1.54) is 0 Å². The molecule has 0 spiro atoms. The number of hydrogen-bond donors (Lipinski definition) is 39. The van der Waals surface area contributed by atoms with Crippen LogP contribution in [0.25, 0.3) is 0 Å². The summed E-state index contributed by atoms with van der Waals surface area (Å²) in [5, 5.41) is 352. The van der Waals surface area contributed by atoms with Crippen LogP contribution in [0.15, 0.2) is 0 Å². The van der Waals surface area contributed by atoms with Crippen LogP contribution in [0.2, 0.25) is 0 Å². The summed E-state index contributed by atoms with van der Waals surface area (Å²) in [6, 6.07) is 0. The van der Waals surface area contributed by atoms with Gasteiger partial charge in [0, 0.05) is 21.7 Å². The minimum atomic E-state index is -2.22. The van der Waals surface area contributed by atoms with Gasteiger partial charge in [-0.1, -0.05) is 27.7 Å². The number of hydrogen-bond acceptors (Lipinski definition) is 46. The Kier molecular flexibility index (Phi) is 72.0. The van der Waals surface area contributed by atoms with Gasteiger partial charge in [-0.3, -0.25) is 0 Å². The second-order valence-electron chi connectivity index (χ2n) is 29.3. The molecule has 2 fully saturated rings. The summed E-state index contributed by atoms with van der Waals surface area (Å²) in [7, 11) is 0. The van der Waals surface area contributed by atoms with Gasteiger partial charge in [-0.25, -0.2) is 0 Å². The maximum Gasteiger partial charge on any atom is 0.224 e. The van der Waals surface area contributed by atoms with Crippen molar-refractivity contribution in [2.75, 3.05) is 271 Å². The maximum absolute atomic E-state index is 10.00. The monoisotopic (exact) mass is 1700 g/mol. The van der Waals surface area contributed by atoms with E-state index in [4.69, 9.17) is 140 Å². The summed E-state index contributed by atoms with van der Waals surface area (Å²) < 4.78 is 36.8. The molecule has 2 rings (SSSR count). The van der Waals surface area contributed by atoms with Crippen molar-refractivity contribution in [3.05, 3.63) is 0 Å². The molecule has 46 heteroatoms. The van der Waals surface area contributed by atoms with Gasteiger partial charge in [-0.2, -0.15) is 0 Å². The van der Waals surface area contributed by atoms with Gasteiger partial charge < -0.3 is 232 Å². The lowest BCUT2D eigenvalue weighted by atomic mass is 9.86. The standard InChI is InChI=1S/C15H32O10.C12H22O11.C12H26O5.C10H22O7.C6H14O3.C5H12O4.C5H12O3.C3H8O3/c16-1-13(2-17,3-18)9-24-11-15(7-22,8-23)12-25-10-14(4-19,5-20)6-21;13-1-4-6(16)8(18)9(19)11(21-4)23-12(3-15)10(20)7(17)5(2-14)22-12;1-3-11(5-13,6-14)9-17-10-12(4-2,7-15)8-16;11-1-9(2-12,3-13)7-17-8-10(4-14,5-15)6-16;1-2-6(3-7,4-8)5-9;6-1-5(2-7,3-8)4-9;1-5(2-6,3-7)4-8;4-1-3(6)2-5/h16-23H,1-12H2;4-11,13-20H,1-3H2;13-16H,3-10H2,1-2H3;11-16H,1-8H2;7-9H,2-5H2,1H3;6-9H,1-4H2;6-8H,2-4H2,1H3;3-6H,1-2H2. The van der Waals surface area contributed by atoms with Crippen LogP contribution in [-0.4, -0.2) is 531 Å². The van der Waals surface area contributed by atoms with Gasteiger partial charge in [0.1, 0.15) is 55.4 Å². The molecule has 9 atom stereocenters. The van der Waals surface area contributed by atoms with Crippen molar-refractivity contribution in [3.8, 4) is 0 Å². The largest absolute Gasteiger partial charge is 0.396 e. The average Bonchev–Trinajstić information content (AvgIpc) is 1.61. The molecular formula is C68H148O46. The first-order valence-electron chi connectivity index (χ1n) is 36.3. The van der Waals surface area contributed by atoms with E-state index in [9.17, 15) is 91.9 Å². The Morgan fingerprint density at radius 3 is 0.675 bits per heavy atom. The van der Waals surface area contributed by atoms with Gasteiger partial charge in [0.2, 0.25) is 5.79 Å². The van der Waals surface area contributed by atoms with Crippen LogP contribution in [0.3, 0.4) is 0 Å². The van der Waals surface area contributed by atoms with Crippen LogP contribution < -0.4 is 0 Å². The smallest absolute Gasteiger partial charge is 0.224 e. The zero-order chi connectivity index (χ0) is 89.8. The molecule has 2 heterocycles. The lowest BCUT2D eigenvalue weighted by Gasteiger charge is -2.43. The first-order chi connectivity index (χ1) is 53.8. The van der Waals surface area contributed by atoms with Gasteiger partial charge in [0.05, 0.1) is 297 Å². The number of ether oxygens (including phenoxy) is 7. The summed E-state index contributed by atoms with van der Waals surface area (Å²) in [6.45, 7) is -6.46. The molecule has 46 nitrogen and oxygen atoms in total. The highest BCUT2D eigenvalue weighted by Gasteiger charge is 2.58. The van der Waals surface area contributed by atoms with Crippen LogP contribution >= 0.6 is 0 Å². The van der Waals surface area contributed by atoms with E-state index in [1.54, 1.807) is 6.92 Å². The summed E-state index contributed by atoms with van der Waals surface area (Å²) in [5.74, 6) is -2.22. The summed E-state index contributed by atoms with van der Waals surface area (Å²) in [6.07, 6.45) is -11.8. The number of aliphatic hydroxyl groups is 39. The van der Waals surface area contributed by atoms with Crippen molar-refractivity contribution in [1.29, 1.82) is 0 Å². The second-order valence-corrected chi connectivity index (χ2v) is 29.3. The van der Waals surface area contributed by atoms with E-state index in [-0.39, 0.29) is 132 Å². The normalized spacial score (nSPS) is 20.4. The molecular weight excluding hydrogens is 1550 g/mol. The van der Waals surface area contributed by atoms with Crippen LogP contribution in [0.5, 0.6) is 0 Å². The Labute approximate surface area is 663 Å². The highest BCUT2D eigenvalue weighted by molar-refractivity contribution is 4.99. The van der Waals surface area contributed by atoms with Gasteiger partial charge in [0.15, 0.2) is 6.29 Å². The van der Waals surface area contributed by atoms with Crippen molar-refractivity contribution in [2.45, 2.75) is 108 Å². The molecule has 114 heavy (non-hydrogen) atoms. The minimum Gasteiger partial charge on any atom is -0.396 e. The van der Waals surface area contributed by atoms with Crippen molar-refractivity contribution in [3.63, 3.8) is 0 Å². The van der Waals surface area contributed by atoms with Crippen LogP contribution in [-0.2, 0) is 33.2 Å². The minimum absolute atomic E-state index is 0.141. The van der Waals surface area contributed by atoms with Gasteiger partial charge in [-0.05, 0) is 19.3 Å². The molecule has 9 unspecified atom stereocenters. The van der Waals surface area contributed by atoms with Crippen LogP contribution in [0, 0.1) is 54.1 Å². The average molecular weight is 1700 g/mol. The fourth-order valence-electron chi connectivity index (χ4n) is 7.92. The van der Waals surface area contributed by atoms with Crippen LogP contribution in [0.4, 0.5) is 0 Å². The Bertz CT molecular complexity index is 1890. The third-order valence-electron chi connectivity index (χ3n) is 19.5. The first-order valence-corrected chi connectivity index (χ1v) is 36.3. The van der Waals surface area contributed by atoms with Crippen LogP contribution in [0.1, 0.15) is 47.0 Å². The van der Waals surface area contributed by atoms with Crippen molar-refractivity contribution in [1.82, 2.24) is 0 Å². The fraction of sp³-hybridized carbons (Fsp3) is 1.00.